The molecule has 8 heterocycles. The van der Waals surface area contributed by atoms with Crippen molar-refractivity contribution < 1.29 is 4.79 Å². The Morgan fingerprint density at radius 1 is 0.644 bits per heavy atom. The Kier molecular flexibility index (Phi) is 3.59. The normalized spacial score (nSPS) is 23.2. The van der Waals surface area contributed by atoms with Crippen LogP contribution in [0.15, 0.2) is 84.9 Å². The summed E-state index contributed by atoms with van der Waals surface area (Å²) in [5, 5.41) is 7.61. The molecular weight excluding hydrogens is 552 g/mol. The fraction of sp³-hybridized carbons (Fsp3) is 0.125. The van der Waals surface area contributed by atoms with Gasteiger partial charge in [0, 0.05) is 38.2 Å². The molecule has 0 radical (unpaired) electrons. The smallest absolute Gasteiger partial charge is 0.288 e. The Labute approximate surface area is 258 Å². The van der Waals surface area contributed by atoms with Crippen LogP contribution in [0, 0.1) is 6.92 Å². The molecular formula is C40H26N4O. The van der Waals surface area contributed by atoms with E-state index in [0.29, 0.717) is 0 Å². The number of ketones is 1. The maximum absolute atomic E-state index is 12.7. The van der Waals surface area contributed by atoms with Gasteiger partial charge < -0.3 is 9.80 Å². The molecule has 0 bridgehead atoms. The maximum atomic E-state index is 12.7. The average molecular weight is 579 g/mol. The Balaban J connectivity index is 1.36. The summed E-state index contributed by atoms with van der Waals surface area (Å²) in [5.41, 5.74) is 12.0. The van der Waals surface area contributed by atoms with Crippen molar-refractivity contribution in [2.45, 2.75) is 31.8 Å². The number of benzene rings is 4. The number of aromatic nitrogens is 2. The van der Waals surface area contributed by atoms with E-state index in [1.807, 2.05) is 6.07 Å². The van der Waals surface area contributed by atoms with Crippen LogP contribution >= 0.6 is 0 Å². The quantitative estimate of drug-likeness (QED) is 0.208. The van der Waals surface area contributed by atoms with Gasteiger partial charge in [-0.25, -0.2) is 0 Å². The molecule has 0 saturated heterocycles. The minimum absolute atomic E-state index is 0.000903. The second-order valence-corrected chi connectivity index (χ2v) is 13.4. The van der Waals surface area contributed by atoms with Crippen molar-refractivity contribution in [3.05, 3.63) is 140 Å². The number of aryl methyl sites for hydroxylation is 1. The molecule has 0 aliphatic carbocycles. The SMILES string of the molecule is CC(=O)c1ccc2c(c1)C1=Cc3c4ccccc4c4n3C35N1C2C=c1c2ccccc2c(n13)=CC1c2cc(C)ccc2C(=C4)N15. The highest BCUT2D eigenvalue weighted by atomic mass is 16.1. The number of rotatable bonds is 1. The molecule has 0 saturated carbocycles. The second kappa shape index (κ2) is 7.05. The third kappa shape index (κ3) is 2.26. The zero-order valence-electron chi connectivity index (χ0n) is 24.7. The van der Waals surface area contributed by atoms with Crippen molar-refractivity contribution in [3.8, 4) is 0 Å². The fourth-order valence-electron chi connectivity index (χ4n) is 9.64. The molecule has 6 aromatic rings. The molecule has 2 aromatic heterocycles. The van der Waals surface area contributed by atoms with Crippen LogP contribution in [0.3, 0.4) is 0 Å². The predicted molar refractivity (Wildman–Crippen MR) is 178 cm³/mol. The second-order valence-electron chi connectivity index (χ2n) is 13.4. The van der Waals surface area contributed by atoms with Gasteiger partial charge in [-0.1, -0.05) is 84.4 Å². The van der Waals surface area contributed by atoms with Crippen molar-refractivity contribution in [1.82, 2.24) is 18.9 Å². The van der Waals surface area contributed by atoms with Gasteiger partial charge in [0.1, 0.15) is 0 Å². The molecule has 5 nitrogen and oxygen atoms in total. The minimum atomic E-state index is -0.706. The van der Waals surface area contributed by atoms with E-state index in [1.54, 1.807) is 6.92 Å². The monoisotopic (exact) mass is 578 g/mol. The third-order valence-corrected chi connectivity index (χ3v) is 11.3. The van der Waals surface area contributed by atoms with E-state index in [-0.39, 0.29) is 17.9 Å². The van der Waals surface area contributed by atoms with E-state index >= 15 is 0 Å². The third-order valence-electron chi connectivity index (χ3n) is 11.3. The van der Waals surface area contributed by atoms with Crippen LogP contribution in [0.1, 0.15) is 68.6 Å². The van der Waals surface area contributed by atoms with Gasteiger partial charge in [0.15, 0.2) is 5.78 Å². The molecule has 12 rings (SSSR count). The Bertz CT molecular complexity index is 2680. The largest absolute Gasteiger partial charge is 0.302 e. The van der Waals surface area contributed by atoms with Crippen LogP contribution in [-0.2, 0) is 5.91 Å². The fourth-order valence-corrected chi connectivity index (χ4v) is 9.64. The van der Waals surface area contributed by atoms with Gasteiger partial charge >= 0.3 is 0 Å². The van der Waals surface area contributed by atoms with Crippen molar-refractivity contribution in [2.24, 2.45) is 0 Å². The van der Waals surface area contributed by atoms with Crippen LogP contribution in [0.2, 0.25) is 0 Å². The van der Waals surface area contributed by atoms with Crippen LogP contribution in [0.25, 0.3) is 57.2 Å². The van der Waals surface area contributed by atoms with Gasteiger partial charge in [0.2, 0.25) is 0 Å². The standard InChI is InChI=1S/C40H26N4O/c1-21-11-13-28-30(15-21)38-19-34-26-9-5-3-7-24(26)33-18-37-29-14-12-23(22(2)45)16-31(29)39-20-35-27-10-6-4-8-25(27)32-17-36(28)43(38)40(41(33)34,42(32)35)44(37)39/h3-20,37-38H,1-2H3. The van der Waals surface area contributed by atoms with Crippen molar-refractivity contribution in [1.29, 1.82) is 0 Å². The molecule has 0 fully saturated rings. The van der Waals surface area contributed by atoms with Crippen molar-refractivity contribution >= 4 is 63.0 Å². The predicted octanol–water partition coefficient (Wildman–Crippen LogP) is 6.55. The molecule has 45 heavy (non-hydrogen) atoms. The number of hydrogen-bond acceptors (Lipinski definition) is 3. The first-order chi connectivity index (χ1) is 22.1. The lowest BCUT2D eigenvalue weighted by molar-refractivity contribution is -0.117. The molecule has 1 spiro atoms. The molecule has 6 aliphatic heterocycles. The van der Waals surface area contributed by atoms with E-state index in [2.05, 4.69) is 129 Å². The Morgan fingerprint density at radius 2 is 1.24 bits per heavy atom. The molecule has 3 unspecified atom stereocenters. The van der Waals surface area contributed by atoms with Gasteiger partial charge in [0.25, 0.3) is 5.91 Å². The van der Waals surface area contributed by atoms with Crippen LogP contribution < -0.4 is 10.7 Å². The molecule has 3 atom stereocenters. The number of carbonyl (C=O) groups excluding carboxylic acids is 1. The van der Waals surface area contributed by atoms with Gasteiger partial charge in [-0.05, 0) is 55.3 Å². The number of hydrogen-bond donors (Lipinski definition) is 0. The van der Waals surface area contributed by atoms with Gasteiger partial charge in [-0.2, -0.15) is 0 Å². The lowest BCUT2D eigenvalue weighted by Gasteiger charge is -2.60. The van der Waals surface area contributed by atoms with E-state index in [0.717, 1.165) is 11.1 Å². The minimum Gasteiger partial charge on any atom is -0.302 e. The van der Waals surface area contributed by atoms with Crippen LogP contribution in [0.5, 0.6) is 0 Å². The van der Waals surface area contributed by atoms with Crippen molar-refractivity contribution in [3.63, 3.8) is 0 Å². The molecule has 0 N–H and O–H groups in total. The number of nitrogens with zero attached hydrogens (tertiary/aromatic N) is 4. The number of Topliss-reactive ketones (excluding diaryl/α,β-unsaturated/α-hetero) is 1. The summed E-state index contributed by atoms with van der Waals surface area (Å²) >= 11 is 0. The van der Waals surface area contributed by atoms with E-state index in [1.165, 1.54) is 77.3 Å². The van der Waals surface area contributed by atoms with Crippen LogP contribution in [0.4, 0.5) is 0 Å². The highest BCUT2D eigenvalue weighted by molar-refractivity contribution is 6.06. The lowest BCUT2D eigenvalue weighted by atomic mass is 9.98. The van der Waals surface area contributed by atoms with Gasteiger partial charge in [-0.15, -0.1) is 0 Å². The average Bonchev–Trinajstić information content (AvgIpc) is 3.77. The topological polar surface area (TPSA) is 33.4 Å². The molecule has 0 amide bonds. The van der Waals surface area contributed by atoms with E-state index in [9.17, 15) is 4.79 Å². The van der Waals surface area contributed by atoms with E-state index < -0.39 is 5.91 Å². The highest BCUT2D eigenvalue weighted by Crippen LogP contribution is 2.63. The summed E-state index contributed by atoms with van der Waals surface area (Å²) < 4.78 is 5.26. The summed E-state index contributed by atoms with van der Waals surface area (Å²) in [6.45, 7) is 3.87. The first-order valence-electron chi connectivity index (χ1n) is 15.8. The van der Waals surface area contributed by atoms with Gasteiger partial charge in [-0.3, -0.25) is 13.9 Å². The summed E-state index contributed by atoms with van der Waals surface area (Å²) in [4.78, 5) is 18.1. The molecule has 6 aliphatic rings. The summed E-state index contributed by atoms with van der Waals surface area (Å²) in [6, 6.07) is 31.2. The first-order valence-corrected chi connectivity index (χ1v) is 15.8. The first kappa shape index (κ1) is 22.9. The van der Waals surface area contributed by atoms with Crippen LogP contribution in [-0.4, -0.2) is 24.7 Å². The molecule has 212 valence electrons. The summed E-state index contributed by atoms with van der Waals surface area (Å²) in [7, 11) is 0. The number of carbonyl (C=O) groups is 1. The highest BCUT2D eigenvalue weighted by Gasteiger charge is 2.64. The zero-order valence-corrected chi connectivity index (χ0v) is 24.7. The van der Waals surface area contributed by atoms with Crippen molar-refractivity contribution in [2.75, 3.05) is 0 Å². The number of fused-ring (bicyclic) bond motifs is 12. The summed E-state index contributed by atoms with van der Waals surface area (Å²) in [5.74, 6) is -0.611. The lowest BCUT2D eigenvalue weighted by Crippen LogP contribution is -2.73. The maximum Gasteiger partial charge on any atom is 0.288 e. The molecule has 5 heteroatoms. The van der Waals surface area contributed by atoms with Gasteiger partial charge in [0.05, 0.1) is 45.6 Å². The summed E-state index contributed by atoms with van der Waals surface area (Å²) in [6.07, 6.45) is 9.81. The Morgan fingerprint density at radius 3 is 1.89 bits per heavy atom. The Hall–Kier alpha value is -5.55. The molecule has 4 aromatic carbocycles. The zero-order chi connectivity index (χ0) is 29.5. The van der Waals surface area contributed by atoms with E-state index in [4.69, 9.17) is 0 Å².